The van der Waals surface area contributed by atoms with E-state index in [0.29, 0.717) is 12.5 Å². The number of hydrogen-bond donors (Lipinski definition) is 1. The van der Waals surface area contributed by atoms with Crippen LogP contribution in [0.3, 0.4) is 0 Å². The average Bonchev–Trinajstić information content (AvgIpc) is 2.79. The molecule has 2 N–H and O–H groups in total. The second-order valence-corrected chi connectivity index (χ2v) is 8.99. The molecule has 1 aromatic rings. The Kier molecular flexibility index (Phi) is 7.82. The highest BCUT2D eigenvalue weighted by atomic mass is 16.2. The SMILES string of the molecule is CC(C)(C)C(=O)CN1C(=O)CCN(C2CCCCC2)c2ccccc21.CC(N)=O.[HH]. The molecule has 2 aliphatic rings. The van der Waals surface area contributed by atoms with Gasteiger partial charge in [0.2, 0.25) is 11.8 Å². The molecule has 29 heavy (non-hydrogen) atoms. The van der Waals surface area contributed by atoms with Gasteiger partial charge in [0.05, 0.1) is 17.9 Å². The van der Waals surface area contributed by atoms with E-state index in [0.717, 1.165) is 17.9 Å². The molecule has 0 aromatic heterocycles. The van der Waals surface area contributed by atoms with Crippen LogP contribution in [0.4, 0.5) is 11.4 Å². The van der Waals surface area contributed by atoms with Gasteiger partial charge in [0, 0.05) is 32.8 Å². The standard InChI is InChI=1S/C21H30N2O2.C2H5NO.H2/c1-21(2,3)19(24)15-23-18-12-8-7-11-17(18)22(14-13-20(23)25)16-9-5-4-6-10-16;1-2(3)4;/h7-8,11-12,16H,4-6,9-10,13-15H2,1-3H3;1H3,(H2,3,4);1H. The van der Waals surface area contributed by atoms with Gasteiger partial charge in [0.15, 0.2) is 5.78 Å². The fourth-order valence-electron chi connectivity index (χ4n) is 3.87. The quantitative estimate of drug-likeness (QED) is 0.829. The van der Waals surface area contributed by atoms with Gasteiger partial charge in [-0.15, -0.1) is 0 Å². The Balaban J connectivity index is 0.000000827. The summed E-state index contributed by atoms with van der Waals surface area (Å²) in [7, 11) is 0. The molecule has 1 saturated carbocycles. The number of fused-ring (bicyclic) bond motifs is 1. The number of benzene rings is 1. The van der Waals surface area contributed by atoms with Crippen LogP contribution in [0.15, 0.2) is 24.3 Å². The molecule has 1 aliphatic carbocycles. The van der Waals surface area contributed by atoms with E-state index in [9.17, 15) is 14.4 Å². The van der Waals surface area contributed by atoms with Crippen molar-refractivity contribution in [1.29, 1.82) is 0 Å². The molecule has 0 atom stereocenters. The summed E-state index contributed by atoms with van der Waals surface area (Å²) >= 11 is 0. The highest BCUT2D eigenvalue weighted by Crippen LogP contribution is 2.37. The predicted octanol–water partition coefficient (Wildman–Crippen LogP) is 3.92. The molecule has 0 saturated heterocycles. The van der Waals surface area contributed by atoms with Gasteiger partial charge in [-0.2, -0.15) is 0 Å². The maximum absolute atomic E-state index is 12.8. The van der Waals surface area contributed by atoms with Crippen LogP contribution in [0.1, 0.15) is 67.6 Å². The molecule has 3 rings (SSSR count). The van der Waals surface area contributed by atoms with E-state index < -0.39 is 5.41 Å². The van der Waals surface area contributed by atoms with Crippen molar-refractivity contribution < 1.29 is 15.8 Å². The number of hydrogen-bond acceptors (Lipinski definition) is 4. The Labute approximate surface area is 175 Å². The summed E-state index contributed by atoms with van der Waals surface area (Å²) in [5.74, 6) is -0.176. The number of amides is 2. The second kappa shape index (κ2) is 9.90. The van der Waals surface area contributed by atoms with Gasteiger partial charge in [0.1, 0.15) is 0 Å². The zero-order valence-electron chi connectivity index (χ0n) is 18.2. The van der Waals surface area contributed by atoms with Crippen LogP contribution in [0.2, 0.25) is 0 Å². The topological polar surface area (TPSA) is 83.7 Å². The summed E-state index contributed by atoms with van der Waals surface area (Å²) in [6.07, 6.45) is 6.72. The molecule has 2 amide bonds. The van der Waals surface area contributed by atoms with Gasteiger partial charge >= 0.3 is 0 Å². The molecule has 1 heterocycles. The van der Waals surface area contributed by atoms with Crippen molar-refractivity contribution in [2.45, 2.75) is 72.3 Å². The lowest BCUT2D eigenvalue weighted by Crippen LogP contribution is -2.39. The van der Waals surface area contributed by atoms with Gasteiger partial charge < -0.3 is 15.5 Å². The Hall–Kier alpha value is -2.37. The van der Waals surface area contributed by atoms with Crippen LogP contribution >= 0.6 is 0 Å². The van der Waals surface area contributed by atoms with E-state index in [1.165, 1.54) is 39.0 Å². The average molecular weight is 404 g/mol. The molecule has 0 radical (unpaired) electrons. The zero-order valence-corrected chi connectivity index (χ0v) is 18.2. The Morgan fingerprint density at radius 3 is 2.21 bits per heavy atom. The molecule has 0 spiro atoms. The summed E-state index contributed by atoms with van der Waals surface area (Å²) in [6, 6.07) is 8.61. The van der Waals surface area contributed by atoms with E-state index in [2.05, 4.69) is 16.7 Å². The lowest BCUT2D eigenvalue weighted by molar-refractivity contribution is -0.127. The highest BCUT2D eigenvalue weighted by Gasteiger charge is 2.33. The largest absolute Gasteiger partial charge is 0.370 e. The maximum atomic E-state index is 12.8. The third-order valence-electron chi connectivity index (χ3n) is 5.50. The van der Waals surface area contributed by atoms with Crippen LogP contribution in [-0.4, -0.2) is 36.7 Å². The van der Waals surface area contributed by atoms with Crippen molar-refractivity contribution in [3.8, 4) is 0 Å². The second-order valence-electron chi connectivity index (χ2n) is 8.99. The monoisotopic (exact) mass is 403 g/mol. The minimum Gasteiger partial charge on any atom is -0.370 e. The van der Waals surface area contributed by atoms with Crippen molar-refractivity contribution in [3.05, 3.63) is 24.3 Å². The minimum atomic E-state index is -0.440. The van der Waals surface area contributed by atoms with E-state index in [1.807, 2.05) is 39.0 Å². The summed E-state index contributed by atoms with van der Waals surface area (Å²) in [6.45, 7) is 7.96. The molecule has 6 heteroatoms. The van der Waals surface area contributed by atoms with Crippen molar-refractivity contribution in [2.24, 2.45) is 11.1 Å². The molecular weight excluding hydrogens is 366 g/mol. The number of nitrogens with two attached hydrogens (primary N) is 1. The summed E-state index contributed by atoms with van der Waals surface area (Å²) in [5.41, 5.74) is 6.04. The van der Waals surface area contributed by atoms with E-state index in [-0.39, 0.29) is 25.6 Å². The number of ketones is 1. The van der Waals surface area contributed by atoms with Crippen molar-refractivity contribution in [2.75, 3.05) is 22.9 Å². The summed E-state index contributed by atoms with van der Waals surface area (Å²) < 4.78 is 0. The van der Waals surface area contributed by atoms with Crippen molar-refractivity contribution in [3.63, 3.8) is 0 Å². The molecular formula is C23H37N3O3. The number of para-hydroxylation sites is 2. The Morgan fingerprint density at radius 2 is 1.66 bits per heavy atom. The molecule has 0 bridgehead atoms. The number of carbonyl (C=O) groups excluding carboxylic acids is 3. The van der Waals surface area contributed by atoms with Crippen LogP contribution < -0.4 is 15.5 Å². The molecule has 1 aromatic carbocycles. The van der Waals surface area contributed by atoms with E-state index in [4.69, 9.17) is 0 Å². The fraction of sp³-hybridized carbons (Fsp3) is 0.609. The number of anilines is 2. The first-order chi connectivity index (χ1) is 13.6. The maximum Gasteiger partial charge on any atom is 0.229 e. The number of primary amides is 1. The lowest BCUT2D eigenvalue weighted by Gasteiger charge is -2.36. The fourth-order valence-corrected chi connectivity index (χ4v) is 3.87. The first-order valence-corrected chi connectivity index (χ1v) is 10.6. The molecule has 6 nitrogen and oxygen atoms in total. The van der Waals surface area contributed by atoms with Gasteiger partial charge in [-0.05, 0) is 25.0 Å². The van der Waals surface area contributed by atoms with Crippen LogP contribution in [-0.2, 0) is 14.4 Å². The lowest BCUT2D eigenvalue weighted by atomic mass is 9.90. The molecule has 1 fully saturated rings. The summed E-state index contributed by atoms with van der Waals surface area (Å²) in [4.78, 5) is 38.8. The Bertz CT molecular complexity index is 735. The van der Waals surface area contributed by atoms with Crippen molar-refractivity contribution in [1.82, 2.24) is 0 Å². The highest BCUT2D eigenvalue weighted by molar-refractivity contribution is 6.03. The van der Waals surface area contributed by atoms with E-state index in [1.54, 1.807) is 4.90 Å². The normalized spacial score (nSPS) is 17.7. The third kappa shape index (κ3) is 6.31. The first kappa shape index (κ1) is 22.9. The molecule has 0 unspecified atom stereocenters. The number of nitrogens with zero attached hydrogens (tertiary/aromatic N) is 2. The van der Waals surface area contributed by atoms with Crippen LogP contribution in [0.5, 0.6) is 0 Å². The van der Waals surface area contributed by atoms with Gasteiger partial charge in [0.25, 0.3) is 0 Å². The van der Waals surface area contributed by atoms with Crippen LogP contribution in [0.25, 0.3) is 0 Å². The number of carbonyl (C=O) groups is 3. The van der Waals surface area contributed by atoms with Gasteiger partial charge in [-0.1, -0.05) is 52.2 Å². The summed E-state index contributed by atoms with van der Waals surface area (Å²) in [5, 5.41) is 0. The smallest absolute Gasteiger partial charge is 0.229 e. The van der Waals surface area contributed by atoms with E-state index >= 15 is 0 Å². The Morgan fingerprint density at radius 1 is 1.10 bits per heavy atom. The zero-order chi connectivity index (χ0) is 21.6. The van der Waals surface area contributed by atoms with Crippen molar-refractivity contribution >= 4 is 29.0 Å². The number of rotatable bonds is 3. The minimum absolute atomic E-state index is 0. The molecule has 162 valence electrons. The first-order valence-electron chi connectivity index (χ1n) is 10.6. The molecule has 1 aliphatic heterocycles. The van der Waals surface area contributed by atoms with Gasteiger partial charge in [-0.3, -0.25) is 14.4 Å². The number of Topliss-reactive ketones (excluding diaryl/α,β-unsaturated/α-hetero) is 1. The third-order valence-corrected chi connectivity index (χ3v) is 5.50. The van der Waals surface area contributed by atoms with Crippen LogP contribution in [0, 0.1) is 5.41 Å². The predicted molar refractivity (Wildman–Crippen MR) is 119 cm³/mol. The van der Waals surface area contributed by atoms with Gasteiger partial charge in [-0.25, -0.2) is 0 Å².